The minimum absolute atomic E-state index is 0.115. The summed E-state index contributed by atoms with van der Waals surface area (Å²) in [5.41, 5.74) is -0.189. The van der Waals surface area contributed by atoms with Crippen molar-refractivity contribution in [3.63, 3.8) is 0 Å². The molecular formula is C13H22N2O4. The van der Waals surface area contributed by atoms with E-state index in [1.54, 1.807) is 0 Å². The van der Waals surface area contributed by atoms with Crippen LogP contribution in [0.25, 0.3) is 0 Å². The number of piperidine rings is 1. The summed E-state index contributed by atoms with van der Waals surface area (Å²) in [7, 11) is 0. The van der Waals surface area contributed by atoms with E-state index >= 15 is 0 Å². The molecule has 2 heterocycles. The molecule has 0 aromatic carbocycles. The van der Waals surface area contributed by atoms with Gasteiger partial charge in [0.2, 0.25) is 5.91 Å². The summed E-state index contributed by atoms with van der Waals surface area (Å²) in [6.45, 7) is 4.92. The van der Waals surface area contributed by atoms with Crippen LogP contribution in [0.2, 0.25) is 0 Å². The second kappa shape index (κ2) is 5.09. The van der Waals surface area contributed by atoms with E-state index in [0.29, 0.717) is 0 Å². The van der Waals surface area contributed by atoms with Crippen molar-refractivity contribution in [1.29, 1.82) is 0 Å². The van der Waals surface area contributed by atoms with Crippen molar-refractivity contribution < 1.29 is 19.8 Å². The van der Waals surface area contributed by atoms with Gasteiger partial charge in [-0.15, -0.1) is 0 Å². The van der Waals surface area contributed by atoms with E-state index in [2.05, 4.69) is 5.32 Å². The van der Waals surface area contributed by atoms with Crippen LogP contribution in [0.15, 0.2) is 0 Å². The molecule has 0 spiro atoms. The smallest absolute Gasteiger partial charge is 0.326 e. The topological polar surface area (TPSA) is 89.9 Å². The Morgan fingerprint density at radius 3 is 2.63 bits per heavy atom. The largest absolute Gasteiger partial charge is 0.480 e. The maximum Gasteiger partial charge on any atom is 0.326 e. The number of hydrogen-bond acceptors (Lipinski definition) is 4. The first-order valence-corrected chi connectivity index (χ1v) is 6.77. The van der Waals surface area contributed by atoms with E-state index in [4.69, 9.17) is 5.11 Å². The van der Waals surface area contributed by atoms with Crippen molar-refractivity contribution >= 4 is 11.9 Å². The van der Waals surface area contributed by atoms with Gasteiger partial charge in [0.1, 0.15) is 6.04 Å². The van der Waals surface area contributed by atoms with E-state index in [1.807, 2.05) is 13.8 Å². The van der Waals surface area contributed by atoms with Crippen LogP contribution in [-0.4, -0.2) is 58.3 Å². The molecule has 1 amide bonds. The minimum Gasteiger partial charge on any atom is -0.480 e. The predicted octanol–water partition coefficient (Wildman–Crippen LogP) is -0.189. The minimum atomic E-state index is -1.04. The Kier molecular flexibility index (Phi) is 3.82. The number of β-amino-alcohol motifs (C(OH)–C–C–N with tert-alkyl or cyclic N) is 1. The summed E-state index contributed by atoms with van der Waals surface area (Å²) in [5.74, 6) is -1.24. The van der Waals surface area contributed by atoms with Crippen LogP contribution in [0.4, 0.5) is 0 Å². The second-order valence-corrected chi connectivity index (χ2v) is 6.21. The molecule has 0 aromatic heterocycles. The number of nitrogens with one attached hydrogen (secondary N) is 1. The lowest BCUT2D eigenvalue weighted by Gasteiger charge is -2.40. The lowest BCUT2D eigenvalue weighted by Crippen LogP contribution is -2.58. The summed E-state index contributed by atoms with van der Waals surface area (Å²) >= 11 is 0. The average Bonchev–Trinajstić information content (AvgIpc) is 2.70. The molecule has 0 aromatic rings. The predicted molar refractivity (Wildman–Crippen MR) is 68.6 cm³/mol. The molecule has 2 aliphatic rings. The van der Waals surface area contributed by atoms with Gasteiger partial charge in [0.25, 0.3) is 0 Å². The lowest BCUT2D eigenvalue weighted by molar-refractivity contribution is -0.150. The molecule has 108 valence electrons. The third kappa shape index (κ3) is 2.74. The summed E-state index contributed by atoms with van der Waals surface area (Å²) in [4.78, 5) is 25.1. The molecule has 3 N–H and O–H groups in total. The molecular weight excluding hydrogens is 248 g/mol. The van der Waals surface area contributed by atoms with E-state index in [-0.39, 0.29) is 30.3 Å². The van der Waals surface area contributed by atoms with Gasteiger partial charge < -0.3 is 20.4 Å². The summed E-state index contributed by atoms with van der Waals surface area (Å²) in [6, 6.07) is -1.27. The number of aliphatic hydroxyl groups excluding tert-OH is 1. The standard InChI is InChI=1S/C13H22N2O4/c1-13(2)4-3-5-14-10(13)11(17)15-7-8(16)6-9(15)12(18)19/h8-10,14,16H,3-7H2,1-2H3,(H,18,19)/t8-,9+,10?/m1/s1. The van der Waals surface area contributed by atoms with Gasteiger partial charge in [-0.05, 0) is 24.8 Å². The summed E-state index contributed by atoms with van der Waals surface area (Å²) in [5, 5.41) is 22.0. The Labute approximate surface area is 112 Å². The Balaban J connectivity index is 2.16. The van der Waals surface area contributed by atoms with Gasteiger partial charge in [-0.25, -0.2) is 4.79 Å². The maximum atomic E-state index is 12.6. The molecule has 0 bridgehead atoms. The van der Waals surface area contributed by atoms with Crippen LogP contribution in [-0.2, 0) is 9.59 Å². The van der Waals surface area contributed by atoms with Crippen LogP contribution in [0, 0.1) is 5.41 Å². The van der Waals surface area contributed by atoms with Crippen LogP contribution in [0.5, 0.6) is 0 Å². The van der Waals surface area contributed by atoms with Crippen LogP contribution < -0.4 is 5.32 Å². The molecule has 1 unspecified atom stereocenters. The fraction of sp³-hybridized carbons (Fsp3) is 0.846. The molecule has 6 heteroatoms. The van der Waals surface area contributed by atoms with E-state index in [1.165, 1.54) is 4.90 Å². The van der Waals surface area contributed by atoms with Gasteiger partial charge >= 0.3 is 5.97 Å². The Hall–Kier alpha value is -1.14. The quantitative estimate of drug-likeness (QED) is 0.647. The number of likely N-dealkylation sites (tertiary alicyclic amines) is 1. The fourth-order valence-corrected chi connectivity index (χ4v) is 3.09. The SMILES string of the molecule is CC1(C)CCCNC1C(=O)N1C[C@H](O)C[C@H]1C(=O)O. The van der Waals surface area contributed by atoms with Gasteiger partial charge in [0.15, 0.2) is 0 Å². The molecule has 6 nitrogen and oxygen atoms in total. The number of aliphatic carboxylic acids is 1. The second-order valence-electron chi connectivity index (χ2n) is 6.21. The molecule has 0 aliphatic carbocycles. The first-order valence-electron chi connectivity index (χ1n) is 6.77. The molecule has 2 rings (SSSR count). The Morgan fingerprint density at radius 2 is 2.05 bits per heavy atom. The Morgan fingerprint density at radius 1 is 1.37 bits per heavy atom. The molecule has 2 saturated heterocycles. The van der Waals surface area contributed by atoms with Crippen molar-refractivity contribution in [2.24, 2.45) is 5.41 Å². The zero-order valence-corrected chi connectivity index (χ0v) is 11.4. The fourth-order valence-electron chi connectivity index (χ4n) is 3.09. The molecule has 2 fully saturated rings. The molecule has 0 saturated carbocycles. The van der Waals surface area contributed by atoms with Crippen molar-refractivity contribution in [2.45, 2.75) is 51.3 Å². The Bertz CT molecular complexity index is 383. The van der Waals surface area contributed by atoms with Crippen LogP contribution >= 0.6 is 0 Å². The molecule has 3 atom stereocenters. The van der Waals surface area contributed by atoms with Gasteiger partial charge in [-0.1, -0.05) is 13.8 Å². The number of carboxylic acids is 1. The van der Waals surface area contributed by atoms with Crippen LogP contribution in [0.3, 0.4) is 0 Å². The molecule has 2 aliphatic heterocycles. The number of nitrogens with zero attached hydrogens (tertiary/aromatic N) is 1. The third-order valence-corrected chi connectivity index (χ3v) is 4.22. The number of carboxylic acid groups (broad SMARTS) is 1. The van der Waals surface area contributed by atoms with E-state index in [0.717, 1.165) is 19.4 Å². The van der Waals surface area contributed by atoms with Gasteiger partial charge in [0.05, 0.1) is 12.1 Å². The highest BCUT2D eigenvalue weighted by Gasteiger charge is 2.45. The zero-order chi connectivity index (χ0) is 14.2. The monoisotopic (exact) mass is 270 g/mol. The number of carbonyl (C=O) groups excluding carboxylic acids is 1. The first kappa shape index (κ1) is 14.3. The van der Waals surface area contributed by atoms with Gasteiger partial charge in [-0.3, -0.25) is 4.79 Å². The highest BCUT2D eigenvalue weighted by molar-refractivity contribution is 5.88. The first-order chi connectivity index (χ1) is 8.83. The summed E-state index contributed by atoms with van der Waals surface area (Å²) < 4.78 is 0. The number of hydrogen-bond donors (Lipinski definition) is 3. The van der Waals surface area contributed by atoms with Gasteiger partial charge in [-0.2, -0.15) is 0 Å². The molecule has 19 heavy (non-hydrogen) atoms. The number of amides is 1. The lowest BCUT2D eigenvalue weighted by atomic mass is 9.77. The van der Waals surface area contributed by atoms with Crippen molar-refractivity contribution in [1.82, 2.24) is 10.2 Å². The van der Waals surface area contributed by atoms with Crippen molar-refractivity contribution in [3.05, 3.63) is 0 Å². The van der Waals surface area contributed by atoms with Gasteiger partial charge in [0, 0.05) is 13.0 Å². The van der Waals surface area contributed by atoms with E-state index in [9.17, 15) is 14.7 Å². The average molecular weight is 270 g/mol. The molecule has 0 radical (unpaired) electrons. The van der Waals surface area contributed by atoms with Crippen molar-refractivity contribution in [2.75, 3.05) is 13.1 Å². The number of aliphatic hydroxyl groups is 1. The van der Waals surface area contributed by atoms with Crippen molar-refractivity contribution in [3.8, 4) is 0 Å². The highest BCUT2D eigenvalue weighted by atomic mass is 16.4. The maximum absolute atomic E-state index is 12.6. The highest BCUT2D eigenvalue weighted by Crippen LogP contribution is 2.32. The number of carbonyl (C=O) groups is 2. The normalized spacial score (nSPS) is 34.3. The number of rotatable bonds is 2. The summed E-state index contributed by atoms with van der Waals surface area (Å²) in [6.07, 6.45) is 1.33. The zero-order valence-electron chi connectivity index (χ0n) is 11.4. The van der Waals surface area contributed by atoms with Crippen LogP contribution in [0.1, 0.15) is 33.1 Å². The third-order valence-electron chi connectivity index (χ3n) is 4.22. The van der Waals surface area contributed by atoms with E-state index < -0.39 is 18.1 Å².